The van der Waals surface area contributed by atoms with E-state index in [0.717, 1.165) is 11.3 Å². The molecular formula is C20H21Cl2N3O4. The summed E-state index contributed by atoms with van der Waals surface area (Å²) in [6.45, 7) is 4.13. The number of aliphatic carboxylic acids is 1. The molecular weight excluding hydrogens is 417 g/mol. The highest BCUT2D eigenvalue weighted by Gasteiger charge is 2.55. The van der Waals surface area contributed by atoms with Crippen molar-refractivity contribution in [3.63, 3.8) is 0 Å². The summed E-state index contributed by atoms with van der Waals surface area (Å²) >= 11 is 12.1. The van der Waals surface area contributed by atoms with Gasteiger partial charge in [0.2, 0.25) is 5.91 Å². The lowest BCUT2D eigenvalue weighted by molar-refractivity contribution is -0.147. The van der Waals surface area contributed by atoms with Gasteiger partial charge >= 0.3 is 5.97 Å². The van der Waals surface area contributed by atoms with Crippen molar-refractivity contribution < 1.29 is 19.4 Å². The largest absolute Gasteiger partial charge is 0.481 e. The van der Waals surface area contributed by atoms with Crippen LogP contribution in [0.15, 0.2) is 18.2 Å². The normalized spacial score (nSPS) is 25.4. The zero-order valence-electron chi connectivity index (χ0n) is 16.0. The van der Waals surface area contributed by atoms with Crippen LogP contribution in [-0.4, -0.2) is 39.0 Å². The van der Waals surface area contributed by atoms with E-state index < -0.39 is 17.8 Å². The number of hydrogen-bond acceptors (Lipinski definition) is 4. The van der Waals surface area contributed by atoms with E-state index in [4.69, 9.17) is 27.9 Å². The van der Waals surface area contributed by atoms with E-state index >= 15 is 0 Å². The second-order valence-electron chi connectivity index (χ2n) is 7.62. The van der Waals surface area contributed by atoms with Gasteiger partial charge in [-0.3, -0.25) is 14.3 Å². The van der Waals surface area contributed by atoms with Gasteiger partial charge in [0.05, 0.1) is 57.7 Å². The fraction of sp³-hybridized carbons (Fsp3) is 0.450. The van der Waals surface area contributed by atoms with Crippen LogP contribution in [0.25, 0.3) is 0 Å². The third-order valence-electron chi connectivity index (χ3n) is 5.81. The molecule has 0 radical (unpaired) electrons. The van der Waals surface area contributed by atoms with Gasteiger partial charge in [0.1, 0.15) is 0 Å². The smallest absolute Gasteiger partial charge is 0.310 e. The van der Waals surface area contributed by atoms with Crippen LogP contribution >= 0.6 is 23.2 Å². The number of nitrogens with zero attached hydrogens (tertiary/aromatic N) is 2. The van der Waals surface area contributed by atoms with Gasteiger partial charge in [0.15, 0.2) is 0 Å². The SMILES string of the molecule is Cc1nn(Cc2ccc(Cl)c(Cl)c2)c(C)c1NC(=O)[C@H]1[C@@H](C(=O)O)[C@@H]2CC[C@@H]1O2. The summed E-state index contributed by atoms with van der Waals surface area (Å²) in [5, 5.41) is 17.9. The number of hydrogen-bond donors (Lipinski definition) is 2. The maximum atomic E-state index is 13.0. The molecule has 3 heterocycles. The van der Waals surface area contributed by atoms with Crippen molar-refractivity contribution in [2.75, 3.05) is 5.32 Å². The first kappa shape index (κ1) is 20.2. The van der Waals surface area contributed by atoms with Crippen molar-refractivity contribution in [3.05, 3.63) is 45.2 Å². The Morgan fingerprint density at radius 2 is 1.90 bits per heavy atom. The van der Waals surface area contributed by atoms with Crippen LogP contribution in [0.4, 0.5) is 5.69 Å². The molecule has 2 aliphatic heterocycles. The van der Waals surface area contributed by atoms with Gasteiger partial charge in [-0.2, -0.15) is 5.10 Å². The minimum atomic E-state index is -0.985. The molecule has 1 aromatic heterocycles. The topological polar surface area (TPSA) is 93.5 Å². The number of ether oxygens (including phenoxy) is 1. The van der Waals surface area contributed by atoms with E-state index in [9.17, 15) is 14.7 Å². The molecule has 4 rings (SSSR count). The minimum absolute atomic E-state index is 0.329. The van der Waals surface area contributed by atoms with Crippen molar-refractivity contribution in [3.8, 4) is 0 Å². The number of aromatic nitrogens is 2. The number of carboxylic acids is 1. The first-order chi connectivity index (χ1) is 13.8. The number of carbonyl (C=O) groups is 2. The molecule has 4 atom stereocenters. The molecule has 2 bridgehead atoms. The quantitative estimate of drug-likeness (QED) is 0.743. The molecule has 154 valence electrons. The van der Waals surface area contributed by atoms with Gasteiger partial charge < -0.3 is 15.2 Å². The third-order valence-corrected chi connectivity index (χ3v) is 6.55. The molecule has 2 aromatic rings. The molecule has 1 aromatic carbocycles. The van der Waals surface area contributed by atoms with Gasteiger partial charge in [-0.1, -0.05) is 29.3 Å². The summed E-state index contributed by atoms with van der Waals surface area (Å²) in [4.78, 5) is 24.6. The molecule has 0 saturated carbocycles. The summed E-state index contributed by atoms with van der Waals surface area (Å²) < 4.78 is 7.47. The summed E-state index contributed by atoms with van der Waals surface area (Å²) in [5.41, 5.74) is 2.96. The fourth-order valence-electron chi connectivity index (χ4n) is 4.37. The summed E-state index contributed by atoms with van der Waals surface area (Å²) in [5.74, 6) is -2.81. The second-order valence-corrected chi connectivity index (χ2v) is 8.44. The number of rotatable bonds is 5. The standard InChI is InChI=1S/C20H21Cl2N3O4/c1-9-18(10(2)25(24-9)8-11-3-4-12(21)13(22)7-11)23-19(26)16-14-5-6-15(29-14)17(16)20(27)28/h3-4,7,14-17H,5-6,8H2,1-2H3,(H,23,26)(H,27,28)/t14-,15-,16+,17-/m0/s1. The number of benzene rings is 1. The first-order valence-electron chi connectivity index (χ1n) is 9.43. The van der Waals surface area contributed by atoms with Crippen LogP contribution in [0.5, 0.6) is 0 Å². The van der Waals surface area contributed by atoms with Crippen LogP contribution in [0.1, 0.15) is 29.8 Å². The van der Waals surface area contributed by atoms with Crippen LogP contribution in [0.2, 0.25) is 10.0 Å². The van der Waals surface area contributed by atoms with Crippen molar-refractivity contribution in [2.24, 2.45) is 11.8 Å². The molecule has 2 fully saturated rings. The maximum absolute atomic E-state index is 13.0. The summed E-state index contributed by atoms with van der Waals surface area (Å²) in [6.07, 6.45) is 0.673. The van der Waals surface area contributed by atoms with Gasteiger partial charge in [-0.15, -0.1) is 0 Å². The molecule has 0 unspecified atom stereocenters. The molecule has 1 amide bonds. The van der Waals surface area contributed by atoms with Crippen molar-refractivity contribution >= 4 is 40.8 Å². The number of nitrogens with one attached hydrogen (secondary N) is 1. The minimum Gasteiger partial charge on any atom is -0.481 e. The number of aryl methyl sites for hydroxylation is 1. The average molecular weight is 438 g/mol. The molecule has 2 aliphatic rings. The van der Waals surface area contributed by atoms with E-state index in [0.29, 0.717) is 40.8 Å². The Balaban J connectivity index is 1.54. The zero-order valence-corrected chi connectivity index (χ0v) is 17.5. The molecule has 0 aliphatic carbocycles. The molecule has 9 heteroatoms. The summed E-state index contributed by atoms with van der Waals surface area (Å²) in [6, 6.07) is 5.38. The van der Waals surface area contributed by atoms with Crippen LogP contribution in [0.3, 0.4) is 0 Å². The highest BCUT2D eigenvalue weighted by molar-refractivity contribution is 6.42. The fourth-order valence-corrected chi connectivity index (χ4v) is 4.69. The van der Waals surface area contributed by atoms with Crippen molar-refractivity contribution in [1.82, 2.24) is 9.78 Å². The lowest BCUT2D eigenvalue weighted by Crippen LogP contribution is -2.41. The van der Waals surface area contributed by atoms with E-state index in [-0.39, 0.29) is 18.1 Å². The zero-order chi connectivity index (χ0) is 20.9. The lowest BCUT2D eigenvalue weighted by atomic mass is 9.78. The monoisotopic (exact) mass is 437 g/mol. The Morgan fingerprint density at radius 3 is 2.55 bits per heavy atom. The van der Waals surface area contributed by atoms with E-state index in [1.807, 2.05) is 13.0 Å². The Hall–Kier alpha value is -2.09. The van der Waals surface area contributed by atoms with Crippen LogP contribution in [-0.2, 0) is 20.9 Å². The van der Waals surface area contributed by atoms with Crippen molar-refractivity contribution in [2.45, 2.75) is 45.4 Å². The molecule has 29 heavy (non-hydrogen) atoms. The summed E-state index contributed by atoms with van der Waals surface area (Å²) in [7, 11) is 0. The highest BCUT2D eigenvalue weighted by Crippen LogP contribution is 2.44. The molecule has 2 saturated heterocycles. The number of halogens is 2. The predicted molar refractivity (Wildman–Crippen MR) is 108 cm³/mol. The maximum Gasteiger partial charge on any atom is 0.310 e. The van der Waals surface area contributed by atoms with E-state index in [2.05, 4.69) is 10.4 Å². The average Bonchev–Trinajstić information content (AvgIpc) is 3.34. The number of fused-ring (bicyclic) bond motifs is 2. The van der Waals surface area contributed by atoms with E-state index in [1.54, 1.807) is 23.7 Å². The number of carboxylic acid groups (broad SMARTS) is 1. The van der Waals surface area contributed by atoms with Crippen molar-refractivity contribution in [1.29, 1.82) is 0 Å². The van der Waals surface area contributed by atoms with Gasteiger partial charge in [-0.25, -0.2) is 0 Å². The first-order valence-corrected chi connectivity index (χ1v) is 10.2. The lowest BCUT2D eigenvalue weighted by Gasteiger charge is -2.23. The Morgan fingerprint density at radius 1 is 1.21 bits per heavy atom. The number of carbonyl (C=O) groups excluding carboxylic acids is 1. The number of amides is 1. The predicted octanol–water partition coefficient (Wildman–Crippen LogP) is 3.67. The highest BCUT2D eigenvalue weighted by atomic mass is 35.5. The van der Waals surface area contributed by atoms with Crippen LogP contribution in [0, 0.1) is 25.7 Å². The number of anilines is 1. The van der Waals surface area contributed by atoms with Gasteiger partial charge in [0, 0.05) is 0 Å². The van der Waals surface area contributed by atoms with E-state index in [1.165, 1.54) is 0 Å². The van der Waals surface area contributed by atoms with Gasteiger partial charge in [0.25, 0.3) is 0 Å². The third kappa shape index (κ3) is 3.63. The Bertz CT molecular complexity index is 990. The molecule has 7 nitrogen and oxygen atoms in total. The Labute approximate surface area is 177 Å². The molecule has 0 spiro atoms. The Kier molecular flexibility index (Phi) is 5.31. The van der Waals surface area contributed by atoms with Crippen LogP contribution < -0.4 is 5.32 Å². The van der Waals surface area contributed by atoms with Gasteiger partial charge in [-0.05, 0) is 44.4 Å². The molecule has 2 N–H and O–H groups in total. The second kappa shape index (κ2) is 7.63.